The second kappa shape index (κ2) is 11.2. The van der Waals surface area contributed by atoms with Crippen LogP contribution in [0.2, 0.25) is 0 Å². The third kappa shape index (κ3) is 9.53. The van der Waals surface area contributed by atoms with Gasteiger partial charge in [0.25, 0.3) is 0 Å². The molecule has 0 heterocycles. The molecule has 0 bridgehead atoms. The molecule has 0 fully saturated rings. The van der Waals surface area contributed by atoms with Crippen molar-refractivity contribution in [3.63, 3.8) is 0 Å². The van der Waals surface area contributed by atoms with Gasteiger partial charge in [0.2, 0.25) is 0 Å². The van der Waals surface area contributed by atoms with Crippen molar-refractivity contribution in [2.24, 2.45) is 0 Å². The summed E-state index contributed by atoms with van der Waals surface area (Å²) in [4.78, 5) is -0.178. The van der Waals surface area contributed by atoms with Crippen molar-refractivity contribution in [2.75, 3.05) is 0 Å². The molecule has 0 saturated heterocycles. The SMILES string of the molecule is Cc1ccc(S(=O)(=O)[O-])cc1.[C-]1=CC=CC1.[C-]1=CC=CC1.[Fe+3]. The molecule has 5 heteroatoms. The van der Waals surface area contributed by atoms with Crippen molar-refractivity contribution in [2.45, 2.75) is 24.7 Å². The molecule has 0 aliphatic heterocycles. The average Bonchev–Trinajstić information content (AvgIpc) is 3.17. The minimum atomic E-state index is -4.27. The van der Waals surface area contributed by atoms with Crippen LogP contribution in [0.15, 0.2) is 65.6 Å². The molecule has 2 aliphatic rings. The van der Waals surface area contributed by atoms with E-state index >= 15 is 0 Å². The molecule has 0 atom stereocenters. The Kier molecular flexibility index (Phi) is 10.5. The smallest absolute Gasteiger partial charge is 0.744 e. The normalized spacial score (nSPS) is 13.7. The number of allylic oxidation sites excluding steroid dienone is 8. The molecule has 1 aromatic carbocycles. The first-order valence-electron chi connectivity index (χ1n) is 6.46. The molecule has 0 saturated carbocycles. The maximum atomic E-state index is 10.4. The van der Waals surface area contributed by atoms with Gasteiger partial charge in [-0.3, -0.25) is 12.2 Å². The Labute approximate surface area is 143 Å². The second-order valence-electron chi connectivity index (χ2n) is 4.27. The summed E-state index contributed by atoms with van der Waals surface area (Å²) in [5, 5.41) is 0. The molecule has 1 aromatic rings. The Balaban J connectivity index is 0.000000334. The maximum Gasteiger partial charge on any atom is 3.00 e. The van der Waals surface area contributed by atoms with E-state index in [0.29, 0.717) is 0 Å². The van der Waals surface area contributed by atoms with Crippen molar-refractivity contribution < 1.29 is 30.0 Å². The molecular weight excluding hydrogens is 340 g/mol. The first kappa shape index (κ1) is 20.6. The first-order valence-corrected chi connectivity index (χ1v) is 7.87. The first-order chi connectivity index (χ1) is 10.00. The standard InChI is InChI=1S/C7H8O3S.2C5H5.Fe/c1-6-2-4-7(5-3-6)11(8,9)10;2*1-2-4-5-3-1;/h2-5H,1H3,(H,8,9,10);2*1-3H,4H2;/q;2*-1;+3/p-1. The topological polar surface area (TPSA) is 57.2 Å². The molecule has 3 rings (SSSR count). The van der Waals surface area contributed by atoms with Gasteiger partial charge in [0.15, 0.2) is 0 Å². The van der Waals surface area contributed by atoms with E-state index in [-0.39, 0.29) is 22.0 Å². The van der Waals surface area contributed by atoms with E-state index in [4.69, 9.17) is 0 Å². The van der Waals surface area contributed by atoms with Crippen LogP contribution in [0.4, 0.5) is 0 Å². The van der Waals surface area contributed by atoms with E-state index in [1.807, 2.05) is 31.2 Å². The van der Waals surface area contributed by atoms with Crippen molar-refractivity contribution >= 4 is 10.1 Å². The summed E-state index contributed by atoms with van der Waals surface area (Å²) in [7, 11) is -4.27. The van der Waals surface area contributed by atoms with E-state index in [1.54, 1.807) is 12.1 Å². The van der Waals surface area contributed by atoms with Gasteiger partial charge in [-0.05, 0) is 19.1 Å². The summed E-state index contributed by atoms with van der Waals surface area (Å²) in [6.45, 7) is 1.82. The number of hydrogen-bond donors (Lipinski definition) is 0. The fraction of sp³-hybridized carbons (Fsp3) is 0.176. The zero-order chi connectivity index (χ0) is 15.6. The predicted molar refractivity (Wildman–Crippen MR) is 82.3 cm³/mol. The second-order valence-corrected chi connectivity index (χ2v) is 5.65. The zero-order valence-electron chi connectivity index (χ0n) is 12.2. The third-order valence-corrected chi connectivity index (χ3v) is 3.33. The van der Waals surface area contributed by atoms with Crippen LogP contribution >= 0.6 is 0 Å². The van der Waals surface area contributed by atoms with Gasteiger partial charge in [-0.1, -0.05) is 17.7 Å². The third-order valence-electron chi connectivity index (χ3n) is 2.48. The molecule has 3 nitrogen and oxygen atoms in total. The molecule has 117 valence electrons. The van der Waals surface area contributed by atoms with Crippen molar-refractivity contribution in [3.8, 4) is 0 Å². The number of rotatable bonds is 1. The summed E-state index contributed by atoms with van der Waals surface area (Å²) in [6.07, 6.45) is 20.0. The molecular formula is C17H17FeO3S. The van der Waals surface area contributed by atoms with Crippen molar-refractivity contribution in [3.05, 3.63) is 78.4 Å². The van der Waals surface area contributed by atoms with E-state index in [9.17, 15) is 13.0 Å². The molecule has 22 heavy (non-hydrogen) atoms. The Hall–Kier alpha value is -1.39. The van der Waals surface area contributed by atoms with E-state index in [0.717, 1.165) is 18.4 Å². The Morgan fingerprint density at radius 3 is 1.64 bits per heavy atom. The predicted octanol–water partition coefficient (Wildman–Crippen LogP) is 3.51. The van der Waals surface area contributed by atoms with Crippen LogP contribution in [0.3, 0.4) is 0 Å². The van der Waals surface area contributed by atoms with Gasteiger partial charge in [0, 0.05) is 0 Å². The van der Waals surface area contributed by atoms with E-state index in [2.05, 4.69) is 24.3 Å². The molecule has 2 aliphatic carbocycles. The minimum absolute atomic E-state index is 0. The van der Waals surface area contributed by atoms with Crippen LogP contribution < -0.4 is 0 Å². The number of aryl methyl sites for hydroxylation is 1. The van der Waals surface area contributed by atoms with Crippen LogP contribution in [0.25, 0.3) is 0 Å². The summed E-state index contributed by atoms with van der Waals surface area (Å²) in [5.41, 5.74) is 0.928. The molecule has 0 amide bonds. The fourth-order valence-corrected chi connectivity index (χ4v) is 1.85. The average molecular weight is 357 g/mol. The largest absolute Gasteiger partial charge is 3.00 e. The van der Waals surface area contributed by atoms with Crippen molar-refractivity contribution in [1.29, 1.82) is 0 Å². The van der Waals surface area contributed by atoms with Gasteiger partial charge in [0.05, 0.1) is 4.90 Å². The van der Waals surface area contributed by atoms with Gasteiger partial charge in [0.1, 0.15) is 10.1 Å². The summed E-state index contributed by atoms with van der Waals surface area (Å²) >= 11 is 0. The Morgan fingerprint density at radius 2 is 1.41 bits per heavy atom. The van der Waals surface area contributed by atoms with Crippen molar-refractivity contribution in [1.82, 2.24) is 0 Å². The molecule has 0 N–H and O–H groups in total. The van der Waals surface area contributed by atoms with Gasteiger partial charge in [-0.25, -0.2) is 32.7 Å². The minimum Gasteiger partial charge on any atom is -0.744 e. The summed E-state index contributed by atoms with van der Waals surface area (Å²) < 4.78 is 31.2. The summed E-state index contributed by atoms with van der Waals surface area (Å²) in [6, 6.07) is 5.78. The van der Waals surface area contributed by atoms with Crippen LogP contribution in [0.1, 0.15) is 18.4 Å². The Morgan fingerprint density at radius 1 is 0.955 bits per heavy atom. The van der Waals surface area contributed by atoms with Gasteiger partial charge in [-0.15, -0.1) is 12.8 Å². The molecule has 0 aromatic heterocycles. The quantitative estimate of drug-likeness (QED) is 0.439. The number of benzene rings is 1. The van der Waals surface area contributed by atoms with E-state index in [1.165, 1.54) is 12.1 Å². The van der Waals surface area contributed by atoms with Crippen LogP contribution in [-0.4, -0.2) is 13.0 Å². The van der Waals surface area contributed by atoms with E-state index < -0.39 is 10.1 Å². The fourth-order valence-electron chi connectivity index (χ4n) is 1.39. The zero-order valence-corrected chi connectivity index (χ0v) is 14.1. The van der Waals surface area contributed by atoms with Gasteiger partial charge in [-0.2, -0.15) is 12.2 Å². The van der Waals surface area contributed by atoms with Crippen LogP contribution in [0, 0.1) is 19.1 Å². The maximum absolute atomic E-state index is 10.4. The molecule has 0 unspecified atom stereocenters. The molecule has 0 spiro atoms. The van der Waals surface area contributed by atoms with Gasteiger partial charge < -0.3 is 4.55 Å². The Bertz CT molecular complexity index is 597. The van der Waals surface area contributed by atoms with Crippen LogP contribution in [0.5, 0.6) is 0 Å². The van der Waals surface area contributed by atoms with Gasteiger partial charge >= 0.3 is 17.1 Å². The number of hydrogen-bond acceptors (Lipinski definition) is 3. The summed E-state index contributed by atoms with van der Waals surface area (Å²) in [5.74, 6) is 0. The van der Waals surface area contributed by atoms with Crippen LogP contribution in [-0.2, 0) is 27.2 Å². The monoisotopic (exact) mass is 357 g/mol. The molecule has 1 radical (unpaired) electrons.